The van der Waals surface area contributed by atoms with Crippen LogP contribution in [0.15, 0.2) is 36.5 Å². The second-order valence-electron chi connectivity index (χ2n) is 7.05. The van der Waals surface area contributed by atoms with Crippen LogP contribution < -0.4 is 9.62 Å². The lowest BCUT2D eigenvalue weighted by Crippen LogP contribution is -2.24. The Morgan fingerprint density at radius 1 is 1.25 bits per heavy atom. The van der Waals surface area contributed by atoms with E-state index in [-0.39, 0.29) is 11.8 Å². The standard InChI is InChI=1S/C20H22N4O3S/c1-3-28(26,27)23-14-4-7-16(13(2)10-14)18-11-19(24(12-25)15-5-6-15)22-20-17(18)8-9-21-20/h4,7-12,15,23H,3,5-6H2,1-2H3,(H,21,22). The zero-order valence-corrected chi connectivity index (χ0v) is 16.6. The SMILES string of the molecule is CCS(=O)(=O)Nc1ccc(-c2cc(N(C=O)C3CC3)nc3[nH]ccc23)c(C)c1. The third-order valence-electron chi connectivity index (χ3n) is 5.00. The summed E-state index contributed by atoms with van der Waals surface area (Å²) in [5.74, 6) is 0.645. The summed E-state index contributed by atoms with van der Waals surface area (Å²) in [5, 5.41) is 0.954. The number of anilines is 2. The molecule has 0 radical (unpaired) electrons. The molecule has 1 fully saturated rings. The molecule has 3 aromatic rings. The van der Waals surface area contributed by atoms with Crippen molar-refractivity contribution in [3.05, 3.63) is 42.1 Å². The fourth-order valence-electron chi connectivity index (χ4n) is 3.34. The summed E-state index contributed by atoms with van der Waals surface area (Å²) in [6.45, 7) is 3.54. The Morgan fingerprint density at radius 3 is 2.68 bits per heavy atom. The van der Waals surface area contributed by atoms with E-state index in [1.54, 1.807) is 17.9 Å². The van der Waals surface area contributed by atoms with Gasteiger partial charge in [-0.1, -0.05) is 6.07 Å². The molecule has 0 spiro atoms. The second-order valence-corrected chi connectivity index (χ2v) is 9.06. The molecular weight excluding hydrogens is 376 g/mol. The summed E-state index contributed by atoms with van der Waals surface area (Å²) in [7, 11) is -3.33. The molecule has 1 saturated carbocycles. The number of hydrogen-bond acceptors (Lipinski definition) is 4. The molecule has 28 heavy (non-hydrogen) atoms. The minimum absolute atomic E-state index is 0.0220. The number of carbonyl (C=O) groups excluding carboxylic acids is 1. The van der Waals surface area contributed by atoms with Gasteiger partial charge in [0.1, 0.15) is 11.5 Å². The quantitative estimate of drug-likeness (QED) is 0.596. The first-order valence-corrected chi connectivity index (χ1v) is 10.9. The highest BCUT2D eigenvalue weighted by Crippen LogP contribution is 2.36. The van der Waals surface area contributed by atoms with Gasteiger partial charge in [-0.25, -0.2) is 13.4 Å². The number of sulfonamides is 1. The molecule has 0 atom stereocenters. The first kappa shape index (κ1) is 18.5. The van der Waals surface area contributed by atoms with Gasteiger partial charge in [0.25, 0.3) is 0 Å². The van der Waals surface area contributed by atoms with Crippen molar-refractivity contribution in [2.24, 2.45) is 0 Å². The summed E-state index contributed by atoms with van der Waals surface area (Å²) in [6.07, 6.45) is 4.65. The predicted molar refractivity (Wildman–Crippen MR) is 111 cm³/mol. The monoisotopic (exact) mass is 398 g/mol. The van der Waals surface area contributed by atoms with Gasteiger partial charge in [-0.15, -0.1) is 0 Å². The van der Waals surface area contributed by atoms with Crippen LogP contribution in [0.25, 0.3) is 22.2 Å². The highest BCUT2D eigenvalue weighted by molar-refractivity contribution is 7.92. The van der Waals surface area contributed by atoms with Gasteiger partial charge in [0.05, 0.1) is 5.75 Å². The van der Waals surface area contributed by atoms with E-state index in [0.717, 1.165) is 47.0 Å². The lowest BCUT2D eigenvalue weighted by molar-refractivity contribution is -0.107. The van der Waals surface area contributed by atoms with Crippen molar-refractivity contribution in [3.8, 4) is 11.1 Å². The van der Waals surface area contributed by atoms with E-state index < -0.39 is 10.0 Å². The van der Waals surface area contributed by atoms with E-state index in [0.29, 0.717) is 11.5 Å². The molecule has 1 amide bonds. The normalized spacial score (nSPS) is 14.2. The fourth-order valence-corrected chi connectivity index (χ4v) is 3.97. The molecule has 1 aromatic carbocycles. The van der Waals surface area contributed by atoms with Crippen LogP contribution in [0.1, 0.15) is 25.3 Å². The average molecular weight is 398 g/mol. The van der Waals surface area contributed by atoms with E-state index in [1.165, 1.54) is 0 Å². The highest BCUT2D eigenvalue weighted by Gasteiger charge is 2.30. The van der Waals surface area contributed by atoms with Gasteiger partial charge in [-0.3, -0.25) is 14.4 Å². The molecule has 1 aliphatic rings. The number of amides is 1. The molecule has 4 rings (SSSR count). The number of aryl methyl sites for hydroxylation is 1. The van der Waals surface area contributed by atoms with E-state index in [9.17, 15) is 13.2 Å². The number of fused-ring (bicyclic) bond motifs is 1. The Labute approximate surface area is 163 Å². The first-order chi connectivity index (χ1) is 13.4. The number of nitrogens with one attached hydrogen (secondary N) is 2. The van der Waals surface area contributed by atoms with Gasteiger partial charge in [0.2, 0.25) is 16.4 Å². The number of pyridine rings is 1. The maximum atomic E-state index is 11.8. The predicted octanol–water partition coefficient (Wildman–Crippen LogP) is 3.43. The van der Waals surface area contributed by atoms with Crippen molar-refractivity contribution in [3.63, 3.8) is 0 Å². The van der Waals surface area contributed by atoms with Crippen LogP contribution in [0.3, 0.4) is 0 Å². The van der Waals surface area contributed by atoms with Crippen LogP contribution in [-0.2, 0) is 14.8 Å². The van der Waals surface area contributed by atoms with Crippen LogP contribution in [0.5, 0.6) is 0 Å². The van der Waals surface area contributed by atoms with Crippen LogP contribution in [0, 0.1) is 6.92 Å². The summed E-state index contributed by atoms with van der Waals surface area (Å²) < 4.78 is 26.3. The molecule has 0 bridgehead atoms. The number of carbonyl (C=O) groups is 1. The molecule has 0 aliphatic heterocycles. The van der Waals surface area contributed by atoms with Crippen molar-refractivity contribution in [2.75, 3.05) is 15.4 Å². The van der Waals surface area contributed by atoms with Crippen molar-refractivity contribution in [2.45, 2.75) is 32.7 Å². The zero-order valence-electron chi connectivity index (χ0n) is 15.8. The minimum Gasteiger partial charge on any atom is -0.346 e. The van der Waals surface area contributed by atoms with Crippen LogP contribution in [0.4, 0.5) is 11.5 Å². The van der Waals surface area contributed by atoms with Gasteiger partial charge < -0.3 is 4.98 Å². The lowest BCUT2D eigenvalue weighted by Gasteiger charge is -2.18. The first-order valence-electron chi connectivity index (χ1n) is 9.25. The summed E-state index contributed by atoms with van der Waals surface area (Å²) in [5.41, 5.74) is 4.11. The lowest BCUT2D eigenvalue weighted by atomic mass is 9.98. The Hall–Kier alpha value is -2.87. The number of rotatable bonds is 7. The molecular formula is C20H22N4O3S. The number of nitrogens with zero attached hydrogens (tertiary/aromatic N) is 2. The van der Waals surface area contributed by atoms with Gasteiger partial charge in [0, 0.05) is 23.3 Å². The van der Waals surface area contributed by atoms with Crippen LogP contribution in [0.2, 0.25) is 0 Å². The third-order valence-corrected chi connectivity index (χ3v) is 6.31. The van der Waals surface area contributed by atoms with Crippen molar-refractivity contribution in [1.82, 2.24) is 9.97 Å². The second kappa shape index (κ2) is 6.94. The molecule has 0 unspecified atom stereocenters. The molecule has 0 saturated heterocycles. The third kappa shape index (κ3) is 3.47. The Morgan fingerprint density at radius 2 is 2.04 bits per heavy atom. The number of aromatic nitrogens is 2. The summed E-state index contributed by atoms with van der Waals surface area (Å²) in [4.78, 5) is 21.0. The Balaban J connectivity index is 1.80. The topological polar surface area (TPSA) is 95.2 Å². The van der Waals surface area contributed by atoms with E-state index in [2.05, 4.69) is 14.7 Å². The average Bonchev–Trinajstić information content (AvgIpc) is 3.37. The van der Waals surface area contributed by atoms with Crippen LogP contribution in [-0.4, -0.2) is 36.6 Å². The summed E-state index contributed by atoms with van der Waals surface area (Å²) in [6, 6.07) is 9.58. The maximum absolute atomic E-state index is 11.8. The number of benzene rings is 1. The highest BCUT2D eigenvalue weighted by atomic mass is 32.2. The van der Waals surface area contributed by atoms with E-state index in [1.807, 2.05) is 37.4 Å². The number of hydrogen-bond donors (Lipinski definition) is 2. The Kier molecular flexibility index (Phi) is 4.58. The minimum atomic E-state index is -3.33. The van der Waals surface area contributed by atoms with Gasteiger partial charge in [0.15, 0.2) is 0 Å². The van der Waals surface area contributed by atoms with Gasteiger partial charge in [-0.2, -0.15) is 0 Å². The molecule has 146 valence electrons. The van der Waals surface area contributed by atoms with Crippen molar-refractivity contribution < 1.29 is 13.2 Å². The van der Waals surface area contributed by atoms with Crippen LogP contribution >= 0.6 is 0 Å². The molecule has 2 heterocycles. The zero-order chi connectivity index (χ0) is 19.9. The van der Waals surface area contributed by atoms with Crippen molar-refractivity contribution >= 4 is 39.0 Å². The van der Waals surface area contributed by atoms with Gasteiger partial charge >= 0.3 is 0 Å². The number of aromatic amines is 1. The molecule has 1 aliphatic carbocycles. The molecule has 8 heteroatoms. The molecule has 2 aromatic heterocycles. The number of H-pyrrole nitrogens is 1. The maximum Gasteiger partial charge on any atom is 0.232 e. The van der Waals surface area contributed by atoms with E-state index >= 15 is 0 Å². The fraction of sp³-hybridized carbons (Fsp3) is 0.300. The van der Waals surface area contributed by atoms with Crippen molar-refractivity contribution in [1.29, 1.82) is 0 Å². The molecule has 2 N–H and O–H groups in total. The largest absolute Gasteiger partial charge is 0.346 e. The smallest absolute Gasteiger partial charge is 0.232 e. The van der Waals surface area contributed by atoms with E-state index in [4.69, 9.17) is 0 Å². The Bertz CT molecular complexity index is 1150. The molecule has 7 nitrogen and oxygen atoms in total. The summed E-state index contributed by atoms with van der Waals surface area (Å²) >= 11 is 0. The van der Waals surface area contributed by atoms with Gasteiger partial charge in [-0.05, 0) is 67.6 Å².